The Kier molecular flexibility index (Phi) is 3.94. The van der Waals surface area contributed by atoms with E-state index in [4.69, 9.17) is 5.11 Å². The number of rotatable bonds is 4. The zero-order chi connectivity index (χ0) is 13.8. The summed E-state index contributed by atoms with van der Waals surface area (Å²) in [4.78, 5) is 10.9. The number of fused-ring (bicyclic) bond motifs is 1. The highest BCUT2D eigenvalue weighted by Gasteiger charge is 2.18. The van der Waals surface area contributed by atoms with Gasteiger partial charge in [-0.2, -0.15) is 0 Å². The van der Waals surface area contributed by atoms with Crippen LogP contribution in [0.25, 0.3) is 10.2 Å². The number of aliphatic hydroxyl groups is 1. The monoisotopic (exact) mass is 287 g/mol. The van der Waals surface area contributed by atoms with Gasteiger partial charge in [-0.25, -0.2) is 9.98 Å². The molecule has 0 saturated carbocycles. The van der Waals surface area contributed by atoms with Crippen LogP contribution < -0.4 is 10.2 Å². The summed E-state index contributed by atoms with van der Waals surface area (Å²) < 4.78 is 1.15. The molecular formula is C14H15N4OS. The third-order valence-corrected chi connectivity index (χ3v) is 3.89. The Morgan fingerprint density at radius 2 is 2.20 bits per heavy atom. The normalized spacial score (nSPS) is 14.7. The average Bonchev–Trinajstić information content (AvgIpc) is 2.92. The van der Waals surface area contributed by atoms with E-state index in [9.17, 15) is 0 Å². The molecule has 0 amide bonds. The highest BCUT2D eigenvalue weighted by atomic mass is 32.1. The van der Waals surface area contributed by atoms with Crippen LogP contribution in [0, 0.1) is 6.54 Å². The van der Waals surface area contributed by atoms with Crippen molar-refractivity contribution in [2.24, 2.45) is 4.99 Å². The Hall–Kier alpha value is -1.92. The lowest BCUT2D eigenvalue weighted by molar-refractivity contribution is 0.289. The minimum atomic E-state index is 0.168. The second-order valence-electron chi connectivity index (χ2n) is 4.28. The van der Waals surface area contributed by atoms with Gasteiger partial charge in [-0.05, 0) is 24.6 Å². The Balaban J connectivity index is 1.83. The first-order chi connectivity index (χ1) is 9.88. The maximum atomic E-state index is 8.85. The van der Waals surface area contributed by atoms with Crippen molar-refractivity contribution in [1.29, 1.82) is 0 Å². The van der Waals surface area contributed by atoms with Crippen LogP contribution in [0.4, 0.5) is 5.13 Å². The number of hydrogen-bond acceptors (Lipinski definition) is 6. The summed E-state index contributed by atoms with van der Waals surface area (Å²) in [5, 5.41) is 12.9. The number of aliphatic hydroxyl groups excluding tert-OH is 1. The summed E-state index contributed by atoms with van der Waals surface area (Å²) in [6.07, 6.45) is 4.31. The van der Waals surface area contributed by atoms with E-state index in [1.165, 1.54) is 0 Å². The van der Waals surface area contributed by atoms with E-state index in [0.717, 1.165) is 21.3 Å². The molecule has 0 atom stereocenters. The van der Waals surface area contributed by atoms with Crippen molar-refractivity contribution < 1.29 is 5.11 Å². The Bertz CT molecular complexity index is 616. The molecule has 3 rings (SSSR count). The van der Waals surface area contributed by atoms with Gasteiger partial charge in [0, 0.05) is 19.4 Å². The molecule has 0 spiro atoms. The minimum absolute atomic E-state index is 0.168. The van der Waals surface area contributed by atoms with E-state index >= 15 is 0 Å². The summed E-state index contributed by atoms with van der Waals surface area (Å²) >= 11 is 1.63. The van der Waals surface area contributed by atoms with E-state index in [1.807, 2.05) is 35.7 Å². The fourth-order valence-corrected chi connectivity index (χ4v) is 2.85. The molecule has 1 aliphatic rings. The fraction of sp³-hybridized carbons (Fsp3) is 0.214. The second kappa shape index (κ2) is 6.02. The van der Waals surface area contributed by atoms with Crippen molar-refractivity contribution in [3.63, 3.8) is 0 Å². The first kappa shape index (κ1) is 13.1. The van der Waals surface area contributed by atoms with Gasteiger partial charge in [-0.15, -0.1) is 0 Å². The van der Waals surface area contributed by atoms with Crippen molar-refractivity contribution >= 4 is 32.6 Å². The third kappa shape index (κ3) is 2.66. The molecule has 0 saturated heterocycles. The largest absolute Gasteiger partial charge is 0.396 e. The van der Waals surface area contributed by atoms with E-state index in [0.29, 0.717) is 13.0 Å². The van der Waals surface area contributed by atoms with Crippen LogP contribution in [0.5, 0.6) is 0 Å². The van der Waals surface area contributed by atoms with Gasteiger partial charge in [0.1, 0.15) is 0 Å². The highest BCUT2D eigenvalue weighted by molar-refractivity contribution is 7.22. The van der Waals surface area contributed by atoms with E-state index in [-0.39, 0.29) is 6.61 Å². The van der Waals surface area contributed by atoms with Crippen LogP contribution in [0.15, 0.2) is 41.5 Å². The van der Waals surface area contributed by atoms with Crippen LogP contribution in [0.2, 0.25) is 0 Å². The van der Waals surface area contributed by atoms with Gasteiger partial charge in [-0.1, -0.05) is 23.5 Å². The summed E-state index contributed by atoms with van der Waals surface area (Å²) in [7, 11) is 0. The summed E-state index contributed by atoms with van der Waals surface area (Å²) in [6, 6.07) is 8.07. The molecule has 0 fully saturated rings. The molecule has 0 unspecified atom stereocenters. The topological polar surface area (TPSA) is 60.8 Å². The second-order valence-corrected chi connectivity index (χ2v) is 5.29. The molecule has 1 aromatic heterocycles. The van der Waals surface area contributed by atoms with Gasteiger partial charge in [0.25, 0.3) is 0 Å². The standard InChI is InChI=1S/C14H15N4OS/c19-10-4-8-16-13-15-7-3-9-18(13)14-17-11-5-1-2-6-12(11)20-14/h1-3,5-7,9,19H,4,8,10H2,(H,15,16). The van der Waals surface area contributed by atoms with Gasteiger partial charge in [0.05, 0.1) is 16.8 Å². The number of nitrogens with zero attached hydrogens (tertiary/aromatic N) is 3. The molecule has 2 heterocycles. The average molecular weight is 287 g/mol. The molecule has 6 heteroatoms. The highest BCUT2D eigenvalue weighted by Crippen LogP contribution is 2.29. The zero-order valence-electron chi connectivity index (χ0n) is 10.9. The molecule has 103 valence electrons. The van der Waals surface area contributed by atoms with Crippen LogP contribution >= 0.6 is 11.3 Å². The molecule has 20 heavy (non-hydrogen) atoms. The number of para-hydroxylation sites is 1. The SMILES string of the molecule is OCCCNC1=NC=C[CH]N1c1nc2ccccc2s1. The Morgan fingerprint density at radius 1 is 1.30 bits per heavy atom. The molecule has 1 aromatic carbocycles. The lowest BCUT2D eigenvalue weighted by Crippen LogP contribution is -2.41. The number of thiazole rings is 1. The number of aliphatic imine (C=N–C) groups is 1. The van der Waals surface area contributed by atoms with Gasteiger partial charge >= 0.3 is 0 Å². The lowest BCUT2D eigenvalue weighted by atomic mass is 10.3. The van der Waals surface area contributed by atoms with E-state index < -0.39 is 0 Å². The first-order valence-corrected chi connectivity index (χ1v) is 7.27. The van der Waals surface area contributed by atoms with Crippen molar-refractivity contribution in [2.75, 3.05) is 18.1 Å². The van der Waals surface area contributed by atoms with Gasteiger partial charge < -0.3 is 10.4 Å². The number of anilines is 1. The van der Waals surface area contributed by atoms with Crippen LogP contribution in [-0.2, 0) is 0 Å². The third-order valence-electron chi connectivity index (χ3n) is 2.85. The van der Waals surface area contributed by atoms with Crippen LogP contribution in [0.3, 0.4) is 0 Å². The predicted octanol–water partition coefficient (Wildman–Crippen LogP) is 2.12. The molecule has 0 bridgehead atoms. The maximum Gasteiger partial charge on any atom is 0.205 e. The maximum absolute atomic E-state index is 8.85. The number of nitrogens with one attached hydrogen (secondary N) is 1. The van der Waals surface area contributed by atoms with Crippen molar-refractivity contribution in [3.05, 3.63) is 43.1 Å². The molecule has 1 radical (unpaired) electrons. The van der Waals surface area contributed by atoms with Crippen molar-refractivity contribution in [2.45, 2.75) is 6.42 Å². The molecular weight excluding hydrogens is 272 g/mol. The van der Waals surface area contributed by atoms with Crippen LogP contribution in [0.1, 0.15) is 6.42 Å². The Morgan fingerprint density at radius 3 is 3.05 bits per heavy atom. The molecule has 2 N–H and O–H groups in total. The number of benzene rings is 1. The number of guanidine groups is 1. The minimum Gasteiger partial charge on any atom is -0.396 e. The summed E-state index contributed by atoms with van der Waals surface area (Å²) in [5.41, 5.74) is 0.991. The predicted molar refractivity (Wildman–Crippen MR) is 82.7 cm³/mol. The summed E-state index contributed by atoms with van der Waals surface area (Å²) in [6.45, 7) is 2.78. The first-order valence-electron chi connectivity index (χ1n) is 6.46. The quantitative estimate of drug-likeness (QED) is 0.846. The van der Waals surface area contributed by atoms with E-state index in [2.05, 4.69) is 21.4 Å². The number of hydrogen-bond donors (Lipinski definition) is 2. The molecule has 5 nitrogen and oxygen atoms in total. The molecule has 1 aliphatic heterocycles. The van der Waals surface area contributed by atoms with Gasteiger partial charge in [-0.3, -0.25) is 4.90 Å². The van der Waals surface area contributed by atoms with Gasteiger partial charge in [0.15, 0.2) is 5.13 Å². The van der Waals surface area contributed by atoms with Crippen molar-refractivity contribution in [3.8, 4) is 0 Å². The molecule has 0 aliphatic carbocycles. The van der Waals surface area contributed by atoms with Gasteiger partial charge in [0.2, 0.25) is 5.96 Å². The zero-order valence-corrected chi connectivity index (χ0v) is 11.7. The lowest BCUT2D eigenvalue weighted by Gasteiger charge is -2.24. The summed E-state index contributed by atoms with van der Waals surface area (Å²) in [5.74, 6) is 0.736. The van der Waals surface area contributed by atoms with Crippen molar-refractivity contribution in [1.82, 2.24) is 10.3 Å². The molecule has 2 aromatic rings. The van der Waals surface area contributed by atoms with Crippen LogP contribution in [-0.4, -0.2) is 29.2 Å². The van der Waals surface area contributed by atoms with E-state index in [1.54, 1.807) is 17.5 Å². The smallest absolute Gasteiger partial charge is 0.205 e. The fourth-order valence-electron chi connectivity index (χ4n) is 1.90. The number of aromatic nitrogens is 1. The Labute approximate surface area is 121 Å².